The molecule has 15 rings (SSSR count). The first-order chi connectivity index (χ1) is 40.7. The summed E-state index contributed by atoms with van der Waals surface area (Å²) in [5, 5.41) is 12.3. The number of hydrogen-bond donors (Lipinski definition) is 0. The smallest absolute Gasteiger partial charge is 0.0741 e. The molecule has 0 atom stereocenters. The summed E-state index contributed by atoms with van der Waals surface area (Å²) in [6.07, 6.45) is 0. The number of pyridine rings is 5. The topological polar surface area (TPSA) is 64.5 Å². The molecular weight excluding hydrogens is 1030 g/mol. The maximum atomic E-state index is 4.80. The molecule has 5 heteroatoms. The van der Waals surface area contributed by atoms with E-state index in [0.717, 1.165) is 55.2 Å². The number of aromatic nitrogens is 5. The van der Waals surface area contributed by atoms with Crippen molar-refractivity contribution in [3.63, 3.8) is 0 Å². The van der Waals surface area contributed by atoms with Gasteiger partial charge in [-0.3, -0.25) is 0 Å². The maximum Gasteiger partial charge on any atom is 0.0741 e. The van der Waals surface area contributed by atoms with Crippen LogP contribution in [0, 0.1) is 104 Å². The van der Waals surface area contributed by atoms with E-state index in [9.17, 15) is 0 Å². The van der Waals surface area contributed by atoms with Crippen molar-refractivity contribution in [1.29, 1.82) is 0 Å². The van der Waals surface area contributed by atoms with Gasteiger partial charge in [0.1, 0.15) is 0 Å². The van der Waals surface area contributed by atoms with Gasteiger partial charge in [0.25, 0.3) is 0 Å². The molecule has 0 aliphatic carbocycles. The highest BCUT2D eigenvalue weighted by molar-refractivity contribution is 5.99. The van der Waals surface area contributed by atoms with E-state index >= 15 is 0 Å². The fourth-order valence-corrected chi connectivity index (χ4v) is 11.3. The molecule has 5 aromatic heterocycles. The van der Waals surface area contributed by atoms with Crippen LogP contribution in [0.5, 0.6) is 0 Å². The van der Waals surface area contributed by atoms with Gasteiger partial charge < -0.3 is 0 Å². The molecule has 0 unspecified atom stereocenters. The van der Waals surface area contributed by atoms with Crippen molar-refractivity contribution in [1.82, 2.24) is 24.9 Å². The Morgan fingerprint density at radius 3 is 1.09 bits per heavy atom. The minimum atomic E-state index is 1.08. The minimum absolute atomic E-state index is 1.08. The zero-order chi connectivity index (χ0) is 60.0. The van der Waals surface area contributed by atoms with Gasteiger partial charge in [-0.25, -0.2) is 24.9 Å². The summed E-state index contributed by atoms with van der Waals surface area (Å²) in [6.45, 7) is 32.0. The van der Waals surface area contributed by atoms with E-state index in [1.54, 1.807) is 0 Å². The maximum absolute atomic E-state index is 4.80. The second-order valence-electron chi connectivity index (χ2n) is 23.9. The fourth-order valence-electron chi connectivity index (χ4n) is 11.3. The van der Waals surface area contributed by atoms with E-state index in [1.807, 2.05) is 6.07 Å². The number of benzene rings is 10. The molecule has 15 aromatic rings. The summed E-state index contributed by atoms with van der Waals surface area (Å²) in [7, 11) is 0. The molecular formula is C80H75N5. The van der Waals surface area contributed by atoms with Gasteiger partial charge in [-0.2, -0.15) is 0 Å². The lowest BCUT2D eigenvalue weighted by atomic mass is 10.00. The zero-order valence-corrected chi connectivity index (χ0v) is 52.1. The van der Waals surface area contributed by atoms with Crippen LogP contribution in [0.25, 0.3) is 109 Å². The van der Waals surface area contributed by atoms with Crippen molar-refractivity contribution in [3.8, 4) is 0 Å². The molecule has 0 fully saturated rings. The van der Waals surface area contributed by atoms with Gasteiger partial charge in [0.15, 0.2) is 0 Å². The normalized spacial score (nSPS) is 11.2. The van der Waals surface area contributed by atoms with Crippen molar-refractivity contribution in [3.05, 3.63) is 265 Å². The van der Waals surface area contributed by atoms with Gasteiger partial charge in [-0.05, 0) is 279 Å². The molecule has 420 valence electrons. The second kappa shape index (κ2) is 23.7. The molecule has 0 radical (unpaired) electrons. The largest absolute Gasteiger partial charge is 0.248 e. The van der Waals surface area contributed by atoms with Crippen LogP contribution >= 0.6 is 0 Å². The summed E-state index contributed by atoms with van der Waals surface area (Å²) < 4.78 is 0. The molecule has 0 saturated heterocycles. The van der Waals surface area contributed by atoms with Crippen molar-refractivity contribution < 1.29 is 0 Å². The van der Waals surface area contributed by atoms with E-state index in [4.69, 9.17) is 24.9 Å². The van der Waals surface area contributed by atoms with E-state index < -0.39 is 0 Å². The van der Waals surface area contributed by atoms with Crippen molar-refractivity contribution in [2.24, 2.45) is 0 Å². The summed E-state index contributed by atoms with van der Waals surface area (Å²) >= 11 is 0. The summed E-state index contributed by atoms with van der Waals surface area (Å²) in [5.74, 6) is 0. The Morgan fingerprint density at radius 1 is 0.188 bits per heavy atom. The van der Waals surface area contributed by atoms with Crippen LogP contribution in [0.1, 0.15) is 83.5 Å². The highest BCUT2D eigenvalue weighted by Crippen LogP contribution is 2.30. The predicted octanol–water partition coefficient (Wildman–Crippen LogP) is 21.6. The zero-order valence-electron chi connectivity index (χ0n) is 52.1. The van der Waals surface area contributed by atoms with Crippen LogP contribution in [0.15, 0.2) is 182 Å². The molecule has 5 nitrogen and oxygen atoms in total. The van der Waals surface area contributed by atoms with Crippen LogP contribution in [0.2, 0.25) is 0 Å². The van der Waals surface area contributed by atoms with Gasteiger partial charge >= 0.3 is 0 Å². The van der Waals surface area contributed by atoms with Gasteiger partial charge in [0.2, 0.25) is 0 Å². The first-order valence-electron chi connectivity index (χ1n) is 29.6. The third kappa shape index (κ3) is 12.2. The van der Waals surface area contributed by atoms with Gasteiger partial charge in [-0.15, -0.1) is 0 Å². The highest BCUT2D eigenvalue weighted by atomic mass is 14.7. The van der Waals surface area contributed by atoms with Crippen LogP contribution in [-0.2, 0) is 0 Å². The quantitative estimate of drug-likeness (QED) is 0.142. The number of nitrogens with zero attached hydrogens (tertiary/aromatic N) is 5. The van der Waals surface area contributed by atoms with E-state index in [-0.39, 0.29) is 0 Å². The second-order valence-corrected chi connectivity index (χ2v) is 23.9. The molecule has 0 aliphatic heterocycles. The standard InChI is InChI=1S/5C16H15N/c1-10-4-7-15-14(8-10)9-13-6-5-11(2)12(3)16(13)17-15;1-10-4-6-13-9-14-7-5-11(2)12(3)16(14)17-15(13)8-10;1-10-4-5-15-13(6-10)9-14-7-11(2)12(3)8-16(14)17-15;1-10-4-5-13-9-14-7-11(2)12(3)8-16(14)17-15(13)6-10;1-10-8-14-12(3)13-6-4-5-7-15(13)17-16(14)9-11(10)2/h5*4-9H,1-3H3. The Balaban J connectivity index is 0.000000111. The van der Waals surface area contributed by atoms with Crippen molar-refractivity contribution >= 4 is 109 Å². The first-order valence-corrected chi connectivity index (χ1v) is 29.6. The first kappa shape index (κ1) is 57.4. The molecule has 0 amide bonds. The average molecular weight is 1110 g/mol. The van der Waals surface area contributed by atoms with Gasteiger partial charge in [-0.1, -0.05) is 90.0 Å². The van der Waals surface area contributed by atoms with Gasteiger partial charge in [0.05, 0.1) is 55.2 Å². The Hall–Kier alpha value is -9.45. The third-order valence-electron chi connectivity index (χ3n) is 17.2. The number of hydrogen-bond acceptors (Lipinski definition) is 5. The molecule has 0 aliphatic rings. The van der Waals surface area contributed by atoms with E-state index in [1.165, 1.54) is 137 Å². The lowest BCUT2D eigenvalue weighted by Crippen LogP contribution is -1.90. The van der Waals surface area contributed by atoms with Crippen LogP contribution in [0.3, 0.4) is 0 Å². The number of aryl methyl sites for hydroxylation is 15. The number of para-hydroxylation sites is 1. The minimum Gasteiger partial charge on any atom is -0.248 e. The third-order valence-corrected chi connectivity index (χ3v) is 17.2. The Morgan fingerprint density at radius 2 is 0.541 bits per heavy atom. The van der Waals surface area contributed by atoms with Crippen molar-refractivity contribution in [2.75, 3.05) is 0 Å². The van der Waals surface area contributed by atoms with Crippen LogP contribution < -0.4 is 0 Å². The SMILES string of the molecule is Cc1cc2nc3ccccc3c(C)c2cc1C.Cc1ccc2cc3cc(C)c(C)cc3nc2c1.Cc1ccc2cc3ccc(C)c(C)c3nc2c1.Cc1ccc2nc3c(C)c(C)ccc3cc2c1.Cc1ccc2nc3cc(C)c(C)cc3cc2c1. The lowest BCUT2D eigenvalue weighted by molar-refractivity contribution is 1.34. The highest BCUT2D eigenvalue weighted by Gasteiger charge is 2.10. The van der Waals surface area contributed by atoms with Crippen LogP contribution in [-0.4, -0.2) is 24.9 Å². The Labute approximate surface area is 500 Å². The predicted molar refractivity (Wildman–Crippen MR) is 367 cm³/mol. The summed E-state index contributed by atoms with van der Waals surface area (Å²) in [4.78, 5) is 23.8. The monoisotopic (exact) mass is 1110 g/mol. The summed E-state index contributed by atoms with van der Waals surface area (Å²) in [6, 6.07) is 64.8. The molecule has 5 heterocycles. The van der Waals surface area contributed by atoms with E-state index in [0.29, 0.717) is 0 Å². The molecule has 0 N–H and O–H groups in total. The van der Waals surface area contributed by atoms with Crippen LogP contribution in [0.4, 0.5) is 0 Å². The number of fused-ring (bicyclic) bond motifs is 10. The Kier molecular flexibility index (Phi) is 16.0. The fraction of sp³-hybridized carbons (Fsp3) is 0.188. The lowest BCUT2D eigenvalue weighted by Gasteiger charge is -2.09. The molecule has 0 spiro atoms. The number of rotatable bonds is 0. The molecule has 0 bridgehead atoms. The molecule has 0 saturated carbocycles. The summed E-state index contributed by atoms with van der Waals surface area (Å²) in [5.41, 5.74) is 30.4. The Bertz CT molecular complexity index is 4950. The molecule has 10 aromatic carbocycles. The molecule has 85 heavy (non-hydrogen) atoms. The van der Waals surface area contributed by atoms with E-state index in [2.05, 4.69) is 280 Å². The van der Waals surface area contributed by atoms with Crippen molar-refractivity contribution in [2.45, 2.75) is 104 Å². The average Bonchev–Trinajstić information content (AvgIpc) is 2.39. The van der Waals surface area contributed by atoms with Gasteiger partial charge in [0, 0.05) is 53.9 Å².